The number of carbonyl (C=O) groups is 1. The van der Waals surface area contributed by atoms with Gasteiger partial charge in [0.05, 0.1) is 12.3 Å². The lowest BCUT2D eigenvalue weighted by molar-refractivity contribution is -0.116. The summed E-state index contributed by atoms with van der Waals surface area (Å²) >= 11 is 0. The number of aromatic nitrogens is 3. The zero-order valence-electron chi connectivity index (χ0n) is 16.6. The van der Waals surface area contributed by atoms with Crippen molar-refractivity contribution in [2.24, 2.45) is 0 Å². The molecule has 0 fully saturated rings. The maximum Gasteiger partial charge on any atom is 0.277 e. The van der Waals surface area contributed by atoms with Crippen molar-refractivity contribution in [2.45, 2.75) is 13.2 Å². The highest BCUT2D eigenvalue weighted by atomic mass is 19.1. The Morgan fingerprint density at radius 3 is 2.69 bits per heavy atom. The van der Waals surface area contributed by atoms with Gasteiger partial charge in [0.2, 0.25) is 12.7 Å². The van der Waals surface area contributed by atoms with Crippen molar-refractivity contribution in [3.8, 4) is 22.8 Å². The fourth-order valence-electron chi connectivity index (χ4n) is 3.59. The number of amides is 1. The Bertz CT molecular complexity index is 1390. The average molecular weight is 436 g/mol. The molecule has 2 aromatic heterocycles. The number of halogens is 1. The van der Waals surface area contributed by atoms with Crippen molar-refractivity contribution in [1.82, 2.24) is 14.2 Å². The van der Waals surface area contributed by atoms with Crippen LogP contribution >= 0.6 is 0 Å². The van der Waals surface area contributed by atoms with Gasteiger partial charge in [-0.05, 0) is 36.4 Å². The molecule has 10 heteroatoms. The summed E-state index contributed by atoms with van der Waals surface area (Å²) in [5.74, 6) is 0.304. The second kappa shape index (κ2) is 7.82. The molecule has 0 atom stereocenters. The van der Waals surface area contributed by atoms with Crippen LogP contribution in [0.4, 0.5) is 10.1 Å². The van der Waals surface area contributed by atoms with Crippen molar-refractivity contribution in [2.75, 3.05) is 12.1 Å². The predicted molar refractivity (Wildman–Crippen MR) is 112 cm³/mol. The van der Waals surface area contributed by atoms with E-state index in [1.807, 2.05) is 0 Å². The molecular weight excluding hydrogens is 419 g/mol. The van der Waals surface area contributed by atoms with Crippen molar-refractivity contribution in [3.63, 3.8) is 0 Å². The number of hydrogen-bond acceptors (Lipinski definition) is 6. The highest BCUT2D eigenvalue weighted by Gasteiger charge is 2.19. The maximum atomic E-state index is 13.3. The average Bonchev–Trinajstić information content (AvgIpc) is 3.40. The van der Waals surface area contributed by atoms with E-state index in [4.69, 9.17) is 9.47 Å². The van der Waals surface area contributed by atoms with Crippen LogP contribution in [-0.4, -0.2) is 32.0 Å². The third-order valence-electron chi connectivity index (χ3n) is 5.11. The van der Waals surface area contributed by atoms with E-state index in [2.05, 4.69) is 10.4 Å². The molecule has 9 nitrogen and oxygen atoms in total. The van der Waals surface area contributed by atoms with Crippen molar-refractivity contribution < 1.29 is 23.8 Å². The number of hydrogen-bond donors (Lipinski definition) is 2. The second-order valence-corrected chi connectivity index (χ2v) is 7.13. The molecule has 3 heterocycles. The first-order chi connectivity index (χ1) is 15.5. The number of fused-ring (bicyclic) bond motifs is 2. The number of nitrogens with zero attached hydrogens (tertiary/aromatic N) is 3. The minimum absolute atomic E-state index is 0.126. The molecule has 0 radical (unpaired) electrons. The standard InChI is InChI=1S/C22H17FN4O5/c23-14-3-1-13(2-4-14)20-16(11-28)21-22(30)26(7-8-27(21)25-20)10-19(29)24-15-5-6-17-18(9-15)32-12-31-17/h1-9,28H,10-12H2,(H,24,29). The van der Waals surface area contributed by atoms with Crippen LogP contribution in [0.2, 0.25) is 0 Å². The van der Waals surface area contributed by atoms with E-state index in [0.717, 1.165) is 0 Å². The molecule has 0 bridgehead atoms. The number of carbonyl (C=O) groups excluding carboxylic acids is 1. The van der Waals surface area contributed by atoms with E-state index in [9.17, 15) is 19.1 Å². The van der Waals surface area contributed by atoms with Crippen LogP contribution in [0.1, 0.15) is 5.56 Å². The fourth-order valence-corrected chi connectivity index (χ4v) is 3.59. The summed E-state index contributed by atoms with van der Waals surface area (Å²) in [6, 6.07) is 10.6. The summed E-state index contributed by atoms with van der Waals surface area (Å²) in [6.07, 6.45) is 2.97. The molecule has 0 aliphatic carbocycles. The summed E-state index contributed by atoms with van der Waals surface area (Å²) in [7, 11) is 0. The highest BCUT2D eigenvalue weighted by molar-refractivity contribution is 5.91. The van der Waals surface area contributed by atoms with Gasteiger partial charge in [0.15, 0.2) is 11.5 Å². The molecule has 0 saturated carbocycles. The van der Waals surface area contributed by atoms with Crippen molar-refractivity contribution >= 4 is 17.1 Å². The first kappa shape index (κ1) is 19.8. The van der Waals surface area contributed by atoms with Gasteiger partial charge in [-0.25, -0.2) is 8.91 Å². The van der Waals surface area contributed by atoms with Crippen LogP contribution in [-0.2, 0) is 17.9 Å². The van der Waals surface area contributed by atoms with E-state index in [1.165, 1.54) is 45.7 Å². The van der Waals surface area contributed by atoms with Gasteiger partial charge in [-0.1, -0.05) is 0 Å². The molecule has 0 spiro atoms. The zero-order chi connectivity index (χ0) is 22.2. The molecule has 0 unspecified atom stereocenters. The molecule has 1 aliphatic rings. The predicted octanol–water partition coefficient (Wildman–Crippen LogP) is 2.16. The SMILES string of the molecule is O=C(Cn1ccn2nc(-c3ccc(F)cc3)c(CO)c2c1=O)Nc1ccc2c(c1)OCO2. The number of aliphatic hydroxyl groups excluding tert-OH is 1. The number of benzene rings is 2. The summed E-state index contributed by atoms with van der Waals surface area (Å²) < 4.78 is 26.4. The van der Waals surface area contributed by atoms with Crippen LogP contribution in [0.25, 0.3) is 16.8 Å². The molecule has 4 aromatic rings. The first-order valence-electron chi connectivity index (χ1n) is 9.70. The van der Waals surface area contributed by atoms with E-state index in [-0.39, 0.29) is 18.9 Å². The number of nitrogens with one attached hydrogen (secondary N) is 1. The molecule has 162 valence electrons. The summed E-state index contributed by atoms with van der Waals surface area (Å²) in [6.45, 7) is -0.564. The van der Waals surface area contributed by atoms with Gasteiger partial charge in [0.25, 0.3) is 5.56 Å². The number of aliphatic hydroxyl groups is 1. The van der Waals surface area contributed by atoms with Crippen LogP contribution in [0.5, 0.6) is 11.5 Å². The minimum Gasteiger partial charge on any atom is -0.454 e. The van der Waals surface area contributed by atoms with Gasteiger partial charge >= 0.3 is 0 Å². The van der Waals surface area contributed by atoms with Crippen LogP contribution in [0.15, 0.2) is 59.7 Å². The second-order valence-electron chi connectivity index (χ2n) is 7.13. The quantitative estimate of drug-likeness (QED) is 0.497. The van der Waals surface area contributed by atoms with Gasteiger partial charge in [0, 0.05) is 35.3 Å². The van der Waals surface area contributed by atoms with Gasteiger partial charge in [-0.15, -0.1) is 0 Å². The lowest BCUT2D eigenvalue weighted by Crippen LogP contribution is -2.28. The molecular formula is C22H17FN4O5. The van der Waals surface area contributed by atoms with E-state index >= 15 is 0 Å². The third kappa shape index (κ3) is 3.46. The Labute approximate surface area is 180 Å². The zero-order valence-corrected chi connectivity index (χ0v) is 16.6. The van der Waals surface area contributed by atoms with E-state index in [1.54, 1.807) is 18.2 Å². The molecule has 32 heavy (non-hydrogen) atoms. The monoisotopic (exact) mass is 436 g/mol. The Morgan fingerprint density at radius 1 is 1.12 bits per heavy atom. The van der Waals surface area contributed by atoms with Crippen molar-refractivity contribution in [1.29, 1.82) is 0 Å². The maximum absolute atomic E-state index is 13.3. The fraction of sp³-hybridized carbons (Fsp3) is 0.136. The Hall–Kier alpha value is -4.18. The number of anilines is 1. The molecule has 5 rings (SSSR count). The Balaban J connectivity index is 1.44. The molecule has 1 aliphatic heterocycles. The third-order valence-corrected chi connectivity index (χ3v) is 5.11. The summed E-state index contributed by atoms with van der Waals surface area (Å²) in [4.78, 5) is 25.6. The molecule has 2 N–H and O–H groups in total. The van der Waals surface area contributed by atoms with Crippen LogP contribution in [0, 0.1) is 5.82 Å². The molecule has 0 saturated heterocycles. The topological polar surface area (TPSA) is 107 Å². The Kier molecular flexibility index (Phi) is 4.83. The number of ether oxygens (including phenoxy) is 2. The van der Waals surface area contributed by atoms with Crippen molar-refractivity contribution in [3.05, 3.63) is 76.6 Å². The smallest absolute Gasteiger partial charge is 0.277 e. The first-order valence-corrected chi connectivity index (χ1v) is 9.70. The van der Waals surface area contributed by atoms with Crippen LogP contribution in [0.3, 0.4) is 0 Å². The minimum atomic E-state index is -0.488. The number of rotatable bonds is 5. The summed E-state index contributed by atoms with van der Waals surface area (Å²) in [5, 5.41) is 17.0. The largest absolute Gasteiger partial charge is 0.454 e. The summed E-state index contributed by atoms with van der Waals surface area (Å²) in [5.41, 5.74) is 1.39. The van der Waals surface area contributed by atoms with E-state index < -0.39 is 23.9 Å². The molecule has 2 aromatic carbocycles. The van der Waals surface area contributed by atoms with E-state index in [0.29, 0.717) is 34.0 Å². The normalized spacial score (nSPS) is 12.3. The van der Waals surface area contributed by atoms with Gasteiger partial charge < -0.3 is 24.5 Å². The lowest BCUT2D eigenvalue weighted by atomic mass is 10.1. The van der Waals surface area contributed by atoms with Gasteiger partial charge in [0.1, 0.15) is 17.9 Å². The Morgan fingerprint density at radius 2 is 1.91 bits per heavy atom. The van der Waals surface area contributed by atoms with Gasteiger partial charge in [-0.3, -0.25) is 9.59 Å². The van der Waals surface area contributed by atoms with Crippen LogP contribution < -0.4 is 20.3 Å². The lowest BCUT2D eigenvalue weighted by Gasteiger charge is -2.08. The highest BCUT2D eigenvalue weighted by Crippen LogP contribution is 2.34. The molecule has 1 amide bonds. The van der Waals surface area contributed by atoms with Gasteiger partial charge in [-0.2, -0.15) is 5.10 Å².